The highest BCUT2D eigenvalue weighted by molar-refractivity contribution is 6.67. The Balaban J connectivity index is 1.46. The first-order chi connectivity index (χ1) is 23.8. The third kappa shape index (κ3) is 11.0. The molecule has 2 aliphatic rings. The molecule has 1 aliphatic carbocycles. The normalized spacial score (nSPS) is 24.6. The van der Waals surface area contributed by atoms with Crippen molar-refractivity contribution < 1.29 is 34.1 Å². The fourth-order valence-electron chi connectivity index (χ4n) is 6.23. The number of esters is 1. The number of amides is 3. The van der Waals surface area contributed by atoms with E-state index in [0.717, 1.165) is 10.9 Å². The molecule has 1 unspecified atom stereocenters. The summed E-state index contributed by atoms with van der Waals surface area (Å²) in [6.07, 6.45) is 5.36. The number of alkyl halides is 3. The van der Waals surface area contributed by atoms with Crippen molar-refractivity contribution in [3.8, 4) is 0 Å². The van der Waals surface area contributed by atoms with Crippen LogP contribution in [0.3, 0.4) is 0 Å². The number of fused-ring (bicyclic) bond motifs is 1. The molecule has 1 saturated heterocycles. The van der Waals surface area contributed by atoms with Gasteiger partial charge in [-0.25, -0.2) is 5.43 Å². The zero-order chi connectivity index (χ0) is 37.7. The molecule has 0 radical (unpaired) electrons. The smallest absolute Gasteiger partial charge is 0.325 e. The molecular formula is C36H48Cl3N5O7. The van der Waals surface area contributed by atoms with Crippen molar-refractivity contribution in [2.75, 3.05) is 13.2 Å². The van der Waals surface area contributed by atoms with Gasteiger partial charge in [-0.15, -0.1) is 0 Å². The molecule has 2 fully saturated rings. The van der Waals surface area contributed by atoms with E-state index in [9.17, 15) is 29.4 Å². The summed E-state index contributed by atoms with van der Waals surface area (Å²) in [6.45, 7) is 8.39. The second-order valence-corrected chi connectivity index (χ2v) is 16.8. The first-order valence-electron chi connectivity index (χ1n) is 17.2. The molecule has 280 valence electrons. The predicted molar refractivity (Wildman–Crippen MR) is 196 cm³/mol. The van der Waals surface area contributed by atoms with E-state index in [1.54, 1.807) is 33.8 Å². The highest BCUT2D eigenvalue weighted by atomic mass is 35.6. The van der Waals surface area contributed by atoms with Crippen LogP contribution >= 0.6 is 34.8 Å². The van der Waals surface area contributed by atoms with E-state index in [-0.39, 0.29) is 11.8 Å². The lowest BCUT2D eigenvalue weighted by molar-refractivity contribution is -0.152. The molecular weight excluding hydrogens is 721 g/mol. The molecule has 0 bridgehead atoms. The second kappa shape index (κ2) is 16.8. The van der Waals surface area contributed by atoms with Gasteiger partial charge in [0, 0.05) is 11.9 Å². The molecule has 3 amide bonds. The first-order valence-corrected chi connectivity index (χ1v) is 18.4. The number of nitrogens with zero attached hydrogens (tertiary/aromatic N) is 2. The molecule has 2 aromatic rings. The van der Waals surface area contributed by atoms with E-state index in [0.29, 0.717) is 56.3 Å². The summed E-state index contributed by atoms with van der Waals surface area (Å²) in [7, 11) is 0. The highest BCUT2D eigenvalue weighted by Gasteiger charge is 2.44. The number of nitrogens with one attached hydrogen (secondary N) is 3. The fraction of sp³-hybridized carbons (Fsp3) is 0.583. The van der Waals surface area contributed by atoms with Gasteiger partial charge in [-0.2, -0.15) is 0 Å². The summed E-state index contributed by atoms with van der Waals surface area (Å²) in [5.74, 6) is -2.37. The molecule has 1 aromatic carbocycles. The second-order valence-electron chi connectivity index (χ2n) is 14.3. The number of pyridine rings is 1. The van der Waals surface area contributed by atoms with Crippen molar-refractivity contribution >= 4 is 75.5 Å². The Labute approximate surface area is 313 Å². The number of hydrazine groups is 1. The number of carbonyl (C=O) groups excluding carboxylic acids is 4. The van der Waals surface area contributed by atoms with E-state index in [1.165, 1.54) is 11.9 Å². The maximum atomic E-state index is 14.2. The first kappa shape index (κ1) is 40.8. The zero-order valence-corrected chi connectivity index (χ0v) is 31.8. The number of aliphatic hydroxyl groups excluding tert-OH is 1. The summed E-state index contributed by atoms with van der Waals surface area (Å²) >= 11 is 17.0. The van der Waals surface area contributed by atoms with Gasteiger partial charge in [-0.1, -0.05) is 79.0 Å². The van der Waals surface area contributed by atoms with Crippen molar-refractivity contribution in [1.82, 2.24) is 26.1 Å². The molecule has 0 spiro atoms. The van der Waals surface area contributed by atoms with Gasteiger partial charge in [0.05, 0.1) is 28.3 Å². The third-order valence-corrected chi connectivity index (χ3v) is 9.84. The van der Waals surface area contributed by atoms with E-state index in [4.69, 9.17) is 39.5 Å². The Morgan fingerprint density at radius 3 is 2.37 bits per heavy atom. The molecule has 51 heavy (non-hydrogen) atoms. The number of ether oxygens (including phenoxy) is 1. The molecule has 12 nitrogen and oxygen atoms in total. The van der Waals surface area contributed by atoms with Crippen LogP contribution in [0.1, 0.15) is 90.5 Å². The lowest BCUT2D eigenvalue weighted by Gasteiger charge is -2.41. The number of aliphatic hydroxyl groups is 2. The Morgan fingerprint density at radius 2 is 1.75 bits per heavy atom. The van der Waals surface area contributed by atoms with Gasteiger partial charge < -0.3 is 25.6 Å². The molecule has 1 aromatic heterocycles. The average molecular weight is 769 g/mol. The van der Waals surface area contributed by atoms with Crippen LogP contribution in [0, 0.1) is 11.3 Å². The van der Waals surface area contributed by atoms with Crippen molar-refractivity contribution in [2.24, 2.45) is 11.3 Å². The third-order valence-electron chi connectivity index (χ3n) is 9.51. The van der Waals surface area contributed by atoms with Crippen molar-refractivity contribution in [3.05, 3.63) is 47.7 Å². The molecule has 15 heteroatoms. The van der Waals surface area contributed by atoms with Crippen LogP contribution in [-0.2, 0) is 23.9 Å². The van der Waals surface area contributed by atoms with Gasteiger partial charge in [0.2, 0.25) is 15.6 Å². The van der Waals surface area contributed by atoms with Gasteiger partial charge in [-0.3, -0.25) is 29.2 Å². The number of rotatable bonds is 11. The number of benzene rings is 1. The minimum atomic E-state index is -1.77. The van der Waals surface area contributed by atoms with Crippen molar-refractivity contribution in [1.29, 1.82) is 0 Å². The number of hydrogen-bond donors (Lipinski definition) is 5. The summed E-state index contributed by atoms with van der Waals surface area (Å²) in [6, 6.07) is 6.61. The van der Waals surface area contributed by atoms with Crippen LogP contribution in [0.15, 0.2) is 36.4 Å². The fourth-order valence-corrected chi connectivity index (χ4v) is 6.40. The summed E-state index contributed by atoms with van der Waals surface area (Å²) in [5, 5.41) is 28.6. The summed E-state index contributed by atoms with van der Waals surface area (Å²) in [5.41, 5.74) is 2.97. The number of carbonyl (C=O) groups is 4. The van der Waals surface area contributed by atoms with E-state index < -0.39 is 63.4 Å². The van der Waals surface area contributed by atoms with Crippen molar-refractivity contribution in [3.63, 3.8) is 0 Å². The predicted octanol–water partition coefficient (Wildman–Crippen LogP) is 4.67. The molecule has 1 aliphatic heterocycles. The Hall–Kier alpha value is -3.00. The van der Waals surface area contributed by atoms with Crippen molar-refractivity contribution in [2.45, 2.75) is 107 Å². The topological polar surface area (TPSA) is 170 Å². The zero-order valence-electron chi connectivity index (χ0n) is 29.5. The lowest BCUT2D eigenvalue weighted by atomic mass is 9.68. The van der Waals surface area contributed by atoms with Crippen LogP contribution in [0.4, 0.5) is 0 Å². The van der Waals surface area contributed by atoms with Crippen LogP contribution < -0.4 is 16.1 Å². The maximum absolute atomic E-state index is 14.2. The standard InChI is InChI=1S/C36H48Cl3N5O7/c1-21(2)29(30(46)40-22(3)31(47)44-18-6-7-27(43-44)32(48)51-20-36(37,38)39)42-33(49)35(16-14-34(5,50)15-17-35)13-12-24-8-9-25-10-11-26(23(4)45)41-28(25)19-24/h8-13,19,21-23,27,29,43,45,50H,6-7,14-18,20H2,1-5H3,(H,40,46)(H,42,49)/b13-12+/t22?,23-,27+,29+,34-,35-/m1/s1. The van der Waals surface area contributed by atoms with Gasteiger partial charge in [0.15, 0.2) is 0 Å². The molecule has 4 rings (SSSR count). The molecule has 4 atom stereocenters. The highest BCUT2D eigenvalue weighted by Crippen LogP contribution is 2.43. The minimum Gasteiger partial charge on any atom is -0.460 e. The van der Waals surface area contributed by atoms with E-state index in [1.807, 2.05) is 36.4 Å². The number of hydrogen-bond acceptors (Lipinski definition) is 9. The van der Waals surface area contributed by atoms with Crippen LogP contribution in [0.2, 0.25) is 0 Å². The van der Waals surface area contributed by atoms with E-state index >= 15 is 0 Å². The van der Waals surface area contributed by atoms with Crippen LogP contribution in [0.25, 0.3) is 17.0 Å². The molecule has 2 heterocycles. The quantitative estimate of drug-likeness (QED) is 0.161. The largest absolute Gasteiger partial charge is 0.460 e. The van der Waals surface area contributed by atoms with Crippen LogP contribution in [0.5, 0.6) is 0 Å². The molecule has 1 saturated carbocycles. The van der Waals surface area contributed by atoms with Gasteiger partial charge in [-0.05, 0) is 82.9 Å². The monoisotopic (exact) mass is 767 g/mol. The SMILES string of the molecule is CC(NC(=O)[C@@H](NC(=O)[C@]1(/C=C/c2ccc3ccc([C@@H](C)O)nc3c2)CC[C@@](C)(O)CC1)C(C)C)C(=O)N1CCC[C@@H](C(=O)OCC(Cl)(Cl)Cl)N1. The van der Waals surface area contributed by atoms with Gasteiger partial charge >= 0.3 is 5.97 Å². The Morgan fingerprint density at radius 1 is 1.08 bits per heavy atom. The van der Waals surface area contributed by atoms with Gasteiger partial charge in [0.25, 0.3) is 5.91 Å². The summed E-state index contributed by atoms with van der Waals surface area (Å²) in [4.78, 5) is 58.2. The molecule has 5 N–H and O–H groups in total. The van der Waals surface area contributed by atoms with Gasteiger partial charge in [0.1, 0.15) is 24.7 Å². The average Bonchev–Trinajstić information content (AvgIpc) is 3.07. The van der Waals surface area contributed by atoms with E-state index in [2.05, 4.69) is 21.0 Å². The summed E-state index contributed by atoms with van der Waals surface area (Å²) < 4.78 is 3.29. The number of aromatic nitrogens is 1. The lowest BCUT2D eigenvalue weighted by Crippen LogP contribution is -2.61. The Bertz CT molecular complexity index is 1620. The van der Waals surface area contributed by atoms with Crippen LogP contribution in [-0.4, -0.2) is 84.6 Å². The Kier molecular flexibility index (Phi) is 13.4. The minimum absolute atomic E-state index is 0.297. The number of halogens is 3. The maximum Gasteiger partial charge on any atom is 0.325 e.